The molecule has 3 nitrogen and oxygen atoms in total. The fourth-order valence-electron chi connectivity index (χ4n) is 0. The number of rotatable bonds is 2. The van der Waals surface area contributed by atoms with E-state index in [2.05, 4.69) is 0 Å². The van der Waals surface area contributed by atoms with Crippen molar-refractivity contribution in [3.63, 3.8) is 0 Å². The van der Waals surface area contributed by atoms with Crippen LogP contribution in [0, 0.1) is 0 Å². The van der Waals surface area contributed by atoms with E-state index >= 15 is 0 Å². The van der Waals surface area contributed by atoms with Gasteiger partial charge in [-0.1, -0.05) is 0 Å². The number of carboxylic acids is 1. The van der Waals surface area contributed by atoms with E-state index in [0.29, 0.717) is 0 Å². The predicted molar refractivity (Wildman–Crippen MR) is 21.3 cm³/mol. The van der Waals surface area contributed by atoms with Crippen molar-refractivity contribution in [1.29, 1.82) is 0 Å². The molecule has 0 radical (unpaired) electrons. The fraction of sp³-hybridized carbons (Fsp3) is 0.667. The van der Waals surface area contributed by atoms with Crippen LogP contribution in [0.1, 0.15) is 8.29 Å². The van der Waals surface area contributed by atoms with Gasteiger partial charge in [0.15, 0.2) is 0 Å². The van der Waals surface area contributed by atoms with Gasteiger partial charge in [0.05, 0.1) is 1.37 Å². The Hall–Kier alpha value is -0.570. The molecule has 0 aromatic rings. The number of nitrogens with two attached hydrogens (primary N) is 1. The van der Waals surface area contributed by atoms with Crippen LogP contribution < -0.4 is 5.72 Å². The molecule has 0 rings (SSSR count). The maximum absolute atomic E-state index is 9.99. The van der Waals surface area contributed by atoms with Crippen LogP contribution in [0.25, 0.3) is 0 Å². The zero-order chi connectivity index (χ0) is 7.65. The first-order chi connectivity index (χ1) is 3.89. The molecule has 0 saturated carbocycles. The van der Waals surface area contributed by atoms with Crippen LogP contribution in [-0.2, 0) is 4.79 Å². The molecule has 3 heteroatoms. The van der Waals surface area contributed by atoms with Crippen molar-refractivity contribution >= 4 is 5.97 Å². The zero-order valence-electron chi connectivity index (χ0n) is 6.30. The molecule has 0 saturated heterocycles. The lowest BCUT2D eigenvalue weighted by atomic mass is 10.4. The number of hydrogen-bond donors (Lipinski definition) is 2. The van der Waals surface area contributed by atoms with Crippen molar-refractivity contribution in [2.45, 2.75) is 12.9 Å². The standard InChI is InChI=1S/C3H7NO2/c1-2(4)3(5)6/h2H,4H2,1H3,(H,5,6)/t2-/m1/s1/i2D/hD2. The molecule has 0 aliphatic heterocycles. The van der Waals surface area contributed by atoms with Gasteiger partial charge in [0.25, 0.3) is 0 Å². The molecule has 0 bridgehead atoms. The van der Waals surface area contributed by atoms with Crippen molar-refractivity contribution in [2.75, 3.05) is 0 Å². The molecule has 0 spiro atoms. The first kappa shape index (κ1) is 1.93. The molecule has 1 atom stereocenters. The Morgan fingerprint density at radius 2 is 3.00 bits per heavy atom. The first-order valence-corrected chi connectivity index (χ1v) is 1.40. The predicted octanol–water partition coefficient (Wildman–Crippen LogP) is -0.582. The Labute approximate surface area is 40.1 Å². The summed E-state index contributed by atoms with van der Waals surface area (Å²) in [5, 5.41) is 8.14. The van der Waals surface area contributed by atoms with E-state index in [-0.39, 0.29) is 5.72 Å². The van der Waals surface area contributed by atoms with Crippen LogP contribution in [0.3, 0.4) is 0 Å². The lowest BCUT2D eigenvalue weighted by Gasteiger charge is -1.90. The second-order valence-corrected chi connectivity index (χ2v) is 0.891. The topological polar surface area (TPSA) is 63.3 Å². The van der Waals surface area contributed by atoms with E-state index in [1.807, 2.05) is 0 Å². The van der Waals surface area contributed by atoms with Gasteiger partial charge in [0.2, 0.25) is 0 Å². The van der Waals surface area contributed by atoms with Crippen LogP contribution in [-0.4, -0.2) is 17.1 Å². The highest BCUT2D eigenvalue weighted by molar-refractivity contribution is 5.72. The molecular weight excluding hydrogens is 82.0 g/mol. The highest BCUT2D eigenvalue weighted by Gasteiger charge is 1.99. The fourth-order valence-corrected chi connectivity index (χ4v) is 0. The summed E-state index contributed by atoms with van der Waals surface area (Å²) in [6, 6.07) is -2.17. The van der Waals surface area contributed by atoms with Crippen molar-refractivity contribution in [2.24, 2.45) is 5.72 Å². The zero-order valence-corrected chi connectivity index (χ0v) is 3.30. The van der Waals surface area contributed by atoms with Crippen LogP contribution >= 0.6 is 0 Å². The van der Waals surface area contributed by atoms with Gasteiger partial charge in [0.1, 0.15) is 8.84 Å². The lowest BCUT2D eigenvalue weighted by Crippen LogP contribution is -2.25. The Kier molecular flexibility index (Phi) is 0.569. The summed E-state index contributed by atoms with van der Waals surface area (Å²) in [6.07, 6.45) is 0. The Balaban J connectivity index is 4.19. The average Bonchev–Trinajstić information content (AvgIpc) is 1.65. The number of carboxylic acid groups (broad SMARTS) is 1. The minimum Gasteiger partial charge on any atom is -0.480 e. The van der Waals surface area contributed by atoms with Gasteiger partial charge >= 0.3 is 5.97 Å². The average molecular weight is 92.1 g/mol. The molecular formula is C3H7NO2. The van der Waals surface area contributed by atoms with Gasteiger partial charge in [-0.15, -0.1) is 0 Å². The normalized spacial score (nSPS) is 26.7. The van der Waals surface area contributed by atoms with Gasteiger partial charge in [-0.05, 0) is 6.92 Å². The monoisotopic (exact) mass is 92.1 g/mol. The Morgan fingerprint density at radius 3 is 3.00 bits per heavy atom. The van der Waals surface area contributed by atoms with E-state index in [4.69, 9.17) is 9.30 Å². The molecule has 6 heavy (non-hydrogen) atoms. The highest BCUT2D eigenvalue weighted by atomic mass is 16.4. The minimum absolute atomic E-state index is 0.171. The van der Waals surface area contributed by atoms with Gasteiger partial charge in [-0.3, -0.25) is 4.79 Å². The maximum atomic E-state index is 9.99. The second kappa shape index (κ2) is 1.77. The van der Waals surface area contributed by atoms with Crippen LogP contribution in [0.4, 0.5) is 0 Å². The maximum Gasteiger partial charge on any atom is 0.320 e. The summed E-state index contributed by atoms with van der Waals surface area (Å²) in [5.74, 6) is -1.51. The third kappa shape index (κ3) is 1.72. The smallest absolute Gasteiger partial charge is 0.320 e. The summed E-state index contributed by atoms with van der Waals surface area (Å²) in [4.78, 5) is 9.99. The second-order valence-electron chi connectivity index (χ2n) is 0.891. The molecule has 0 heterocycles. The van der Waals surface area contributed by atoms with Crippen LogP contribution in [0.5, 0.6) is 0 Å². The van der Waals surface area contributed by atoms with E-state index in [1.54, 1.807) is 0 Å². The Morgan fingerprint density at radius 1 is 2.50 bits per heavy atom. The molecule has 3 N–H and O–H groups in total. The molecule has 0 aliphatic rings. The van der Waals surface area contributed by atoms with Gasteiger partial charge in [-0.2, -0.15) is 0 Å². The van der Waals surface area contributed by atoms with Crippen molar-refractivity contribution < 1.29 is 14.1 Å². The number of aliphatic carboxylic acids is 1. The van der Waals surface area contributed by atoms with E-state index in [9.17, 15) is 4.79 Å². The summed E-state index contributed by atoms with van der Waals surface area (Å²) in [6.45, 7) is 0.954. The molecule has 0 aliphatic carbocycles. The van der Waals surface area contributed by atoms with Crippen LogP contribution in [0.15, 0.2) is 0 Å². The molecule has 0 fully saturated rings. The van der Waals surface area contributed by atoms with E-state index < -0.39 is 12.0 Å². The van der Waals surface area contributed by atoms with E-state index in [1.165, 1.54) is 0 Å². The van der Waals surface area contributed by atoms with Crippen molar-refractivity contribution in [1.82, 2.24) is 0 Å². The third-order valence-corrected chi connectivity index (χ3v) is 0.310. The van der Waals surface area contributed by atoms with E-state index in [0.717, 1.165) is 6.92 Å². The van der Waals surface area contributed by atoms with Crippen LogP contribution in [0.2, 0.25) is 2.82 Å². The number of carbonyl (C=O) groups is 1. The highest BCUT2D eigenvalue weighted by Crippen LogP contribution is 1.68. The molecule has 0 unspecified atom stereocenters. The minimum atomic E-state index is -2.17. The molecule has 0 aromatic carbocycles. The summed E-state index contributed by atoms with van der Waals surface area (Å²) in [7, 11) is 0. The first-order valence-electron chi connectivity index (χ1n) is 2.80. The largest absolute Gasteiger partial charge is 0.480 e. The van der Waals surface area contributed by atoms with Crippen molar-refractivity contribution in [3.05, 3.63) is 0 Å². The summed E-state index contributed by atoms with van der Waals surface area (Å²) in [5.41, 5.74) is -0.171. The molecule has 0 aromatic heterocycles. The lowest BCUT2D eigenvalue weighted by molar-refractivity contribution is -0.138. The van der Waals surface area contributed by atoms with Crippen molar-refractivity contribution in [3.8, 4) is 0 Å². The van der Waals surface area contributed by atoms with Gasteiger partial charge in [0, 0.05) is 0 Å². The number of hydrogen-bond acceptors (Lipinski definition) is 2. The summed E-state index contributed by atoms with van der Waals surface area (Å²) < 4.78 is 19.7. The SMILES string of the molecule is [2H]N([2H])[C@]([2H])(C)C(=O)O. The van der Waals surface area contributed by atoms with Gasteiger partial charge < -0.3 is 10.8 Å². The molecule has 0 amide bonds. The molecule has 36 valence electrons. The quantitative estimate of drug-likeness (QED) is 0.479. The third-order valence-electron chi connectivity index (χ3n) is 0.310. The Bertz CT molecular complexity index is 124. The summed E-state index contributed by atoms with van der Waals surface area (Å²) >= 11 is 0. The van der Waals surface area contributed by atoms with Gasteiger partial charge in [-0.25, -0.2) is 0 Å².